The van der Waals surface area contributed by atoms with Gasteiger partial charge in [-0.1, -0.05) is 25.9 Å². The largest absolute Gasteiger partial charge is 0.361 e. The summed E-state index contributed by atoms with van der Waals surface area (Å²) in [6.45, 7) is 11.9. The average molecular weight is 331 g/mol. The fraction of sp³-hybridized carbons (Fsp3) is 0.529. The Balaban J connectivity index is 1.91. The Labute approximate surface area is 142 Å². The Morgan fingerprint density at radius 1 is 1.25 bits per heavy atom. The first kappa shape index (κ1) is 17.9. The quantitative estimate of drug-likeness (QED) is 0.898. The van der Waals surface area contributed by atoms with Crippen LogP contribution < -0.4 is 10.6 Å². The minimum atomic E-state index is -0.313. The van der Waals surface area contributed by atoms with E-state index in [0.717, 1.165) is 22.7 Å². The van der Waals surface area contributed by atoms with Crippen molar-refractivity contribution in [2.24, 2.45) is 0 Å². The van der Waals surface area contributed by atoms with E-state index in [1.165, 1.54) is 0 Å². The number of urea groups is 1. The zero-order valence-electron chi connectivity index (χ0n) is 15.1. The van der Waals surface area contributed by atoms with Crippen LogP contribution in [0.5, 0.6) is 0 Å². The lowest BCUT2D eigenvalue weighted by molar-refractivity contribution is 0.249. The minimum absolute atomic E-state index is 0.0661. The predicted octanol–water partition coefficient (Wildman–Crippen LogP) is 3.13. The van der Waals surface area contributed by atoms with Gasteiger partial charge >= 0.3 is 6.03 Å². The molecule has 2 aromatic heterocycles. The maximum absolute atomic E-state index is 12.1. The minimum Gasteiger partial charge on any atom is -0.361 e. The standard InChI is InChI=1S/C17H25N5O2/c1-10(9-13-11(2)22-24-12(13)3)18-16(23)19-15-8-7-14(20-21-15)17(4,5)6/h7-8,10H,9H2,1-6H3,(H2,18,19,21,23)/t10-/m0/s1. The second-order valence-electron chi connectivity index (χ2n) is 7.06. The van der Waals surface area contributed by atoms with Crippen LogP contribution in [0.2, 0.25) is 0 Å². The summed E-state index contributed by atoms with van der Waals surface area (Å²) >= 11 is 0. The third-order valence-electron chi connectivity index (χ3n) is 3.74. The van der Waals surface area contributed by atoms with E-state index in [0.29, 0.717) is 12.2 Å². The normalized spacial score (nSPS) is 12.8. The molecule has 0 radical (unpaired) electrons. The molecular weight excluding hydrogens is 306 g/mol. The van der Waals surface area contributed by atoms with Gasteiger partial charge in [0.25, 0.3) is 0 Å². The molecule has 0 spiro atoms. The SMILES string of the molecule is Cc1noc(C)c1C[C@H](C)NC(=O)Nc1ccc(C(C)(C)C)nn1. The van der Waals surface area contributed by atoms with Crippen molar-refractivity contribution in [2.45, 2.75) is 59.4 Å². The molecule has 0 unspecified atom stereocenters. The van der Waals surface area contributed by atoms with Gasteiger partial charge in [-0.3, -0.25) is 5.32 Å². The fourth-order valence-electron chi connectivity index (χ4n) is 2.33. The van der Waals surface area contributed by atoms with Gasteiger partial charge in [0.15, 0.2) is 5.82 Å². The molecule has 130 valence electrons. The summed E-state index contributed by atoms with van der Waals surface area (Å²) in [6.07, 6.45) is 0.656. The van der Waals surface area contributed by atoms with Crippen molar-refractivity contribution < 1.29 is 9.32 Å². The number of aryl methyl sites for hydroxylation is 2. The number of nitrogens with zero attached hydrogens (tertiary/aromatic N) is 3. The van der Waals surface area contributed by atoms with Crippen molar-refractivity contribution in [3.63, 3.8) is 0 Å². The van der Waals surface area contributed by atoms with E-state index in [9.17, 15) is 4.79 Å². The summed E-state index contributed by atoms with van der Waals surface area (Å²) in [5.74, 6) is 1.20. The van der Waals surface area contributed by atoms with Gasteiger partial charge in [0, 0.05) is 17.0 Å². The van der Waals surface area contributed by atoms with Gasteiger partial charge < -0.3 is 9.84 Å². The lowest BCUT2D eigenvalue weighted by Gasteiger charge is -2.17. The van der Waals surface area contributed by atoms with Crippen LogP contribution in [0.15, 0.2) is 16.7 Å². The molecule has 7 nitrogen and oxygen atoms in total. The summed E-state index contributed by atoms with van der Waals surface area (Å²) in [4.78, 5) is 12.1. The van der Waals surface area contributed by atoms with Gasteiger partial charge in [-0.15, -0.1) is 5.10 Å². The Kier molecular flexibility index (Phi) is 5.21. The zero-order chi connectivity index (χ0) is 17.9. The molecule has 2 N–H and O–H groups in total. The van der Waals surface area contributed by atoms with Crippen molar-refractivity contribution >= 4 is 11.8 Å². The molecular formula is C17H25N5O2. The smallest absolute Gasteiger partial charge is 0.320 e. The fourth-order valence-corrected chi connectivity index (χ4v) is 2.33. The zero-order valence-corrected chi connectivity index (χ0v) is 15.1. The van der Waals surface area contributed by atoms with Crippen LogP contribution in [0.1, 0.15) is 50.4 Å². The van der Waals surface area contributed by atoms with Gasteiger partial charge in [-0.05, 0) is 39.3 Å². The van der Waals surface area contributed by atoms with Crippen LogP contribution in [0.3, 0.4) is 0 Å². The van der Waals surface area contributed by atoms with E-state index < -0.39 is 0 Å². The molecule has 2 aromatic rings. The van der Waals surface area contributed by atoms with E-state index >= 15 is 0 Å². The number of amides is 2. The topological polar surface area (TPSA) is 92.9 Å². The number of rotatable bonds is 4. The van der Waals surface area contributed by atoms with Crippen LogP contribution in [-0.2, 0) is 11.8 Å². The number of aromatic nitrogens is 3. The van der Waals surface area contributed by atoms with Gasteiger partial charge in [0.05, 0.1) is 11.4 Å². The molecule has 0 saturated heterocycles. The van der Waals surface area contributed by atoms with Crippen LogP contribution in [0.25, 0.3) is 0 Å². The maximum atomic E-state index is 12.1. The molecule has 2 heterocycles. The summed E-state index contributed by atoms with van der Waals surface area (Å²) < 4.78 is 5.14. The van der Waals surface area contributed by atoms with Crippen molar-refractivity contribution in [2.75, 3.05) is 5.32 Å². The first-order valence-corrected chi connectivity index (χ1v) is 8.00. The molecule has 0 saturated carbocycles. The van der Waals surface area contributed by atoms with E-state index in [4.69, 9.17) is 4.52 Å². The Morgan fingerprint density at radius 3 is 2.46 bits per heavy atom. The molecule has 0 fully saturated rings. The molecule has 1 atom stereocenters. The monoisotopic (exact) mass is 331 g/mol. The highest BCUT2D eigenvalue weighted by atomic mass is 16.5. The van der Waals surface area contributed by atoms with Crippen LogP contribution >= 0.6 is 0 Å². The molecule has 0 aliphatic rings. The lowest BCUT2D eigenvalue weighted by atomic mass is 9.92. The first-order chi connectivity index (χ1) is 11.2. The van der Waals surface area contributed by atoms with Crippen molar-refractivity contribution in [1.82, 2.24) is 20.7 Å². The third-order valence-corrected chi connectivity index (χ3v) is 3.74. The summed E-state index contributed by atoms with van der Waals surface area (Å²) in [7, 11) is 0. The number of hydrogen-bond donors (Lipinski definition) is 2. The van der Waals surface area contributed by atoms with Gasteiger partial charge in [-0.25, -0.2) is 4.79 Å². The van der Waals surface area contributed by atoms with Gasteiger partial charge in [0.1, 0.15) is 5.76 Å². The first-order valence-electron chi connectivity index (χ1n) is 8.00. The molecule has 0 aromatic carbocycles. The number of hydrogen-bond acceptors (Lipinski definition) is 5. The van der Waals surface area contributed by atoms with Crippen LogP contribution in [0.4, 0.5) is 10.6 Å². The Bertz CT molecular complexity index is 681. The molecule has 0 aliphatic heterocycles. The summed E-state index contributed by atoms with van der Waals surface area (Å²) in [5, 5.41) is 17.7. The third kappa shape index (κ3) is 4.53. The molecule has 24 heavy (non-hydrogen) atoms. The maximum Gasteiger partial charge on any atom is 0.320 e. The highest BCUT2D eigenvalue weighted by Crippen LogP contribution is 2.19. The van der Waals surface area contributed by atoms with Crippen molar-refractivity contribution in [3.8, 4) is 0 Å². The predicted molar refractivity (Wildman–Crippen MR) is 92.0 cm³/mol. The lowest BCUT2D eigenvalue weighted by Crippen LogP contribution is -2.37. The molecule has 2 rings (SSSR count). The second kappa shape index (κ2) is 6.98. The molecule has 7 heteroatoms. The summed E-state index contributed by atoms with van der Waals surface area (Å²) in [6, 6.07) is 3.25. The molecule has 0 bridgehead atoms. The highest BCUT2D eigenvalue weighted by molar-refractivity contribution is 5.88. The van der Waals surface area contributed by atoms with Gasteiger partial charge in [-0.2, -0.15) is 5.10 Å². The van der Waals surface area contributed by atoms with E-state index in [1.807, 2.05) is 26.8 Å². The van der Waals surface area contributed by atoms with Crippen LogP contribution in [-0.4, -0.2) is 27.4 Å². The van der Waals surface area contributed by atoms with E-state index in [2.05, 4.69) is 46.8 Å². The highest BCUT2D eigenvalue weighted by Gasteiger charge is 2.17. The van der Waals surface area contributed by atoms with Crippen molar-refractivity contribution in [1.29, 1.82) is 0 Å². The molecule has 2 amide bonds. The number of carbonyl (C=O) groups excluding carboxylic acids is 1. The number of carbonyl (C=O) groups is 1. The number of anilines is 1. The second-order valence-corrected chi connectivity index (χ2v) is 7.06. The van der Waals surface area contributed by atoms with Crippen LogP contribution in [0, 0.1) is 13.8 Å². The average Bonchev–Trinajstić information content (AvgIpc) is 2.78. The Hall–Kier alpha value is -2.44. The van der Waals surface area contributed by atoms with Gasteiger partial charge in [0.2, 0.25) is 0 Å². The van der Waals surface area contributed by atoms with E-state index in [-0.39, 0.29) is 17.5 Å². The number of nitrogens with one attached hydrogen (secondary N) is 2. The summed E-state index contributed by atoms with van der Waals surface area (Å²) in [5.41, 5.74) is 2.68. The van der Waals surface area contributed by atoms with E-state index in [1.54, 1.807) is 6.07 Å². The molecule has 0 aliphatic carbocycles. The van der Waals surface area contributed by atoms with Crippen molar-refractivity contribution in [3.05, 3.63) is 34.8 Å². The Morgan fingerprint density at radius 2 is 1.96 bits per heavy atom.